The third kappa shape index (κ3) is 7.97. The van der Waals surface area contributed by atoms with Crippen molar-refractivity contribution in [1.29, 1.82) is 0 Å². The van der Waals surface area contributed by atoms with Gasteiger partial charge in [-0.3, -0.25) is 4.99 Å². The van der Waals surface area contributed by atoms with Crippen LogP contribution in [0.2, 0.25) is 0 Å². The number of para-hydroxylation sites is 1. The molecular formula is C36H41N4+. The highest BCUT2D eigenvalue weighted by atomic mass is 15.0. The number of anilines is 1. The van der Waals surface area contributed by atoms with E-state index in [2.05, 4.69) is 86.2 Å². The summed E-state index contributed by atoms with van der Waals surface area (Å²) in [5, 5.41) is 0. The van der Waals surface area contributed by atoms with Crippen LogP contribution in [0, 0.1) is 20.8 Å². The maximum absolute atomic E-state index is 6.29. The Morgan fingerprint density at radius 3 is 1.93 bits per heavy atom. The molecule has 0 radical (unpaired) electrons. The van der Waals surface area contributed by atoms with E-state index in [1.165, 1.54) is 16.7 Å². The van der Waals surface area contributed by atoms with Gasteiger partial charge in [-0.2, -0.15) is 0 Å². The lowest BCUT2D eigenvalue weighted by molar-refractivity contribution is -0.538. The Labute approximate surface area is 239 Å². The molecule has 0 fully saturated rings. The predicted octanol–water partition coefficient (Wildman–Crippen LogP) is 9.09. The summed E-state index contributed by atoms with van der Waals surface area (Å²) in [6.45, 7) is 21.2. The highest BCUT2D eigenvalue weighted by Crippen LogP contribution is 2.27. The van der Waals surface area contributed by atoms with Crippen LogP contribution >= 0.6 is 0 Å². The SMILES string of the molecule is C=C(C)C.C=C(C)C.Cc1cccc(C=Nc2cc3c(cc2C)nc2cc(C)c(N)cc2[n+]3-c2ccccc2)c1. The maximum Gasteiger partial charge on any atom is 0.239 e. The molecule has 0 amide bonds. The fraction of sp³-hybridized carbons (Fsp3) is 0.194. The quantitative estimate of drug-likeness (QED) is 0.0833. The monoisotopic (exact) mass is 529 g/mol. The number of nitrogens with zero attached hydrogens (tertiary/aromatic N) is 3. The molecule has 2 N–H and O–H groups in total. The molecule has 1 heterocycles. The standard InChI is InChI=1S/C28H24N4.2C4H8/c1-18-8-7-9-21(12-18)17-30-24-16-28-26(14-20(24)3)31-25-13-19(2)23(29)15-27(25)32(28)22-10-5-4-6-11-22;2*1-4(2)3/h4-17,29H,1-3H3;2*1H2,2-3H3/p+1. The number of nitrogen functional groups attached to an aromatic ring is 1. The van der Waals surface area contributed by atoms with Crippen molar-refractivity contribution in [3.63, 3.8) is 0 Å². The molecule has 0 atom stereocenters. The van der Waals surface area contributed by atoms with Crippen molar-refractivity contribution in [3.05, 3.63) is 125 Å². The fourth-order valence-corrected chi connectivity index (χ4v) is 4.05. The van der Waals surface area contributed by atoms with Crippen molar-refractivity contribution in [2.45, 2.75) is 48.5 Å². The van der Waals surface area contributed by atoms with Crippen LogP contribution in [0.15, 0.2) is 108 Å². The van der Waals surface area contributed by atoms with E-state index in [0.717, 1.165) is 55.8 Å². The van der Waals surface area contributed by atoms with Crippen LogP contribution in [-0.4, -0.2) is 11.2 Å². The molecule has 5 aromatic rings. The topological polar surface area (TPSA) is 55.1 Å². The Hall–Kier alpha value is -4.57. The minimum absolute atomic E-state index is 0.758. The number of hydrogen-bond acceptors (Lipinski definition) is 3. The van der Waals surface area contributed by atoms with Crippen LogP contribution in [0.3, 0.4) is 0 Å². The number of allylic oxidation sites excluding steroid dienone is 2. The van der Waals surface area contributed by atoms with E-state index in [9.17, 15) is 0 Å². The van der Waals surface area contributed by atoms with Crippen LogP contribution in [0.25, 0.3) is 27.8 Å². The van der Waals surface area contributed by atoms with Gasteiger partial charge in [-0.1, -0.05) is 59.2 Å². The molecule has 1 aromatic heterocycles. The van der Waals surface area contributed by atoms with Gasteiger partial charge in [0.1, 0.15) is 11.0 Å². The van der Waals surface area contributed by atoms with Gasteiger partial charge < -0.3 is 5.73 Å². The van der Waals surface area contributed by atoms with Crippen molar-refractivity contribution in [3.8, 4) is 5.69 Å². The van der Waals surface area contributed by atoms with Gasteiger partial charge in [-0.25, -0.2) is 4.98 Å². The van der Waals surface area contributed by atoms with Crippen LogP contribution in [0.1, 0.15) is 49.9 Å². The van der Waals surface area contributed by atoms with Crippen LogP contribution in [-0.2, 0) is 0 Å². The highest BCUT2D eigenvalue weighted by Gasteiger charge is 2.21. The average molecular weight is 530 g/mol. The molecule has 0 spiro atoms. The van der Waals surface area contributed by atoms with Crippen molar-refractivity contribution < 1.29 is 4.57 Å². The second-order valence-electron chi connectivity index (χ2n) is 10.7. The summed E-state index contributed by atoms with van der Waals surface area (Å²) in [6.07, 6.45) is 1.92. The largest absolute Gasteiger partial charge is 0.398 e. The van der Waals surface area contributed by atoms with E-state index in [4.69, 9.17) is 15.7 Å². The molecule has 0 aliphatic carbocycles. The van der Waals surface area contributed by atoms with E-state index >= 15 is 0 Å². The number of aromatic nitrogens is 2. The zero-order valence-electron chi connectivity index (χ0n) is 24.9. The Morgan fingerprint density at radius 2 is 1.32 bits per heavy atom. The van der Waals surface area contributed by atoms with Crippen LogP contribution in [0.5, 0.6) is 0 Å². The Balaban J connectivity index is 0.000000490. The minimum atomic E-state index is 0.758. The lowest BCUT2D eigenvalue weighted by atomic mass is 10.1. The molecule has 204 valence electrons. The van der Waals surface area contributed by atoms with E-state index in [1.54, 1.807) is 0 Å². The first-order chi connectivity index (χ1) is 19.0. The third-order valence-corrected chi connectivity index (χ3v) is 5.79. The lowest BCUT2D eigenvalue weighted by Crippen LogP contribution is -2.33. The maximum atomic E-state index is 6.29. The summed E-state index contributed by atoms with van der Waals surface area (Å²) in [5.74, 6) is 0. The van der Waals surface area contributed by atoms with Crippen LogP contribution < -0.4 is 10.3 Å². The Morgan fingerprint density at radius 1 is 0.750 bits per heavy atom. The second-order valence-corrected chi connectivity index (χ2v) is 10.7. The van der Waals surface area contributed by atoms with Crippen molar-refractivity contribution in [1.82, 2.24) is 4.98 Å². The van der Waals surface area contributed by atoms with E-state index in [0.29, 0.717) is 0 Å². The first-order valence-electron chi connectivity index (χ1n) is 13.4. The Kier molecular flexibility index (Phi) is 10.1. The summed E-state index contributed by atoms with van der Waals surface area (Å²) < 4.78 is 2.22. The lowest BCUT2D eigenvalue weighted by Gasteiger charge is -2.09. The van der Waals surface area contributed by atoms with E-state index < -0.39 is 0 Å². The van der Waals surface area contributed by atoms with Crippen molar-refractivity contribution in [2.24, 2.45) is 4.99 Å². The molecule has 0 aliphatic heterocycles. The summed E-state index contributed by atoms with van der Waals surface area (Å²) in [4.78, 5) is 9.79. The van der Waals surface area contributed by atoms with Crippen LogP contribution in [0.4, 0.5) is 11.4 Å². The number of aryl methyl sites for hydroxylation is 3. The molecule has 4 nitrogen and oxygen atoms in total. The van der Waals surface area contributed by atoms with E-state index in [1.807, 2.05) is 65.1 Å². The zero-order valence-corrected chi connectivity index (χ0v) is 24.9. The van der Waals surface area contributed by atoms with E-state index in [-0.39, 0.29) is 0 Å². The number of benzene rings is 4. The van der Waals surface area contributed by atoms with Gasteiger partial charge in [0.05, 0.1) is 5.69 Å². The summed E-state index contributed by atoms with van der Waals surface area (Å²) >= 11 is 0. The smallest absolute Gasteiger partial charge is 0.239 e. The Bertz CT molecular complexity index is 1680. The van der Waals surface area contributed by atoms with Gasteiger partial charge in [0.2, 0.25) is 16.7 Å². The van der Waals surface area contributed by atoms with Gasteiger partial charge in [0.15, 0.2) is 0 Å². The minimum Gasteiger partial charge on any atom is -0.398 e. The predicted molar refractivity (Wildman–Crippen MR) is 174 cm³/mol. The first kappa shape index (κ1) is 30.0. The third-order valence-electron chi connectivity index (χ3n) is 5.79. The second kappa shape index (κ2) is 13.5. The molecule has 4 heteroatoms. The number of hydrogen-bond donors (Lipinski definition) is 1. The molecule has 0 unspecified atom stereocenters. The number of rotatable bonds is 3. The fourth-order valence-electron chi connectivity index (χ4n) is 4.05. The van der Waals surface area contributed by atoms with Gasteiger partial charge in [0.25, 0.3) is 0 Å². The molecular weight excluding hydrogens is 488 g/mol. The zero-order chi connectivity index (χ0) is 29.4. The summed E-state index contributed by atoms with van der Waals surface area (Å²) in [6, 6.07) is 27.0. The molecule has 0 aliphatic rings. The summed E-state index contributed by atoms with van der Waals surface area (Å²) in [5.41, 5.74) is 19.6. The number of nitrogens with two attached hydrogens (primary N) is 1. The highest BCUT2D eigenvalue weighted by molar-refractivity contribution is 5.88. The van der Waals surface area contributed by atoms with Gasteiger partial charge in [0, 0.05) is 36.2 Å². The van der Waals surface area contributed by atoms with Gasteiger partial charge in [-0.05, 0) is 77.3 Å². The van der Waals surface area contributed by atoms with Gasteiger partial charge in [-0.15, -0.1) is 17.7 Å². The molecule has 0 bridgehead atoms. The van der Waals surface area contributed by atoms with Crippen molar-refractivity contribution in [2.75, 3.05) is 5.73 Å². The van der Waals surface area contributed by atoms with Crippen molar-refractivity contribution >= 4 is 39.7 Å². The first-order valence-corrected chi connectivity index (χ1v) is 13.4. The average Bonchev–Trinajstić information content (AvgIpc) is 2.87. The number of fused-ring (bicyclic) bond motifs is 2. The summed E-state index contributed by atoms with van der Waals surface area (Å²) in [7, 11) is 0. The molecule has 5 rings (SSSR count). The molecule has 0 saturated heterocycles. The molecule has 0 saturated carbocycles. The van der Waals surface area contributed by atoms with Gasteiger partial charge >= 0.3 is 0 Å². The number of aliphatic imine (C=N–C) groups is 1. The molecule has 40 heavy (non-hydrogen) atoms. The molecule has 4 aromatic carbocycles. The normalized spacial score (nSPS) is 10.6.